The van der Waals surface area contributed by atoms with Gasteiger partial charge in [-0.25, -0.2) is 0 Å². The monoisotopic (exact) mass is 283 g/mol. The molecule has 2 rings (SSSR count). The molecule has 0 aromatic carbocycles. The van der Waals surface area contributed by atoms with E-state index >= 15 is 0 Å². The Bertz CT molecular complexity index is 414. The van der Waals surface area contributed by atoms with Crippen molar-refractivity contribution in [1.82, 2.24) is 15.0 Å². The molecule has 0 bridgehead atoms. The van der Waals surface area contributed by atoms with Crippen LogP contribution in [0.4, 0.5) is 0 Å². The second kappa shape index (κ2) is 6.65. The minimum atomic E-state index is -0.655. The van der Waals surface area contributed by atoms with Gasteiger partial charge in [0.25, 0.3) is 0 Å². The van der Waals surface area contributed by atoms with Crippen LogP contribution in [0.5, 0.6) is 0 Å². The van der Waals surface area contributed by atoms with Gasteiger partial charge in [-0.3, -0.25) is 4.90 Å². The smallest absolute Gasteiger partial charge is 0.226 e. The van der Waals surface area contributed by atoms with Crippen LogP contribution in [0.15, 0.2) is 4.52 Å². The van der Waals surface area contributed by atoms with Gasteiger partial charge in [-0.15, -0.1) is 0 Å². The number of aliphatic hydroxyl groups is 1. The van der Waals surface area contributed by atoms with E-state index in [-0.39, 0.29) is 0 Å². The van der Waals surface area contributed by atoms with Crippen LogP contribution in [0.3, 0.4) is 0 Å². The summed E-state index contributed by atoms with van der Waals surface area (Å²) in [7, 11) is 1.96. The topological polar surface area (TPSA) is 71.6 Å². The first-order valence-electron chi connectivity index (χ1n) is 7.27. The van der Waals surface area contributed by atoms with Crippen molar-refractivity contribution in [1.29, 1.82) is 0 Å². The van der Waals surface area contributed by atoms with Crippen molar-refractivity contribution in [2.24, 2.45) is 5.92 Å². The van der Waals surface area contributed by atoms with Crippen LogP contribution in [0.2, 0.25) is 0 Å². The summed E-state index contributed by atoms with van der Waals surface area (Å²) < 4.78 is 10.5. The summed E-state index contributed by atoms with van der Waals surface area (Å²) in [6.45, 7) is 6.69. The van der Waals surface area contributed by atoms with E-state index in [2.05, 4.69) is 24.0 Å². The van der Waals surface area contributed by atoms with E-state index in [9.17, 15) is 5.11 Å². The predicted molar refractivity (Wildman–Crippen MR) is 74.2 cm³/mol. The van der Waals surface area contributed by atoms with Crippen molar-refractivity contribution in [3.63, 3.8) is 0 Å². The number of aromatic nitrogens is 2. The van der Waals surface area contributed by atoms with Crippen molar-refractivity contribution >= 4 is 0 Å². The van der Waals surface area contributed by atoms with E-state index in [0.717, 1.165) is 6.42 Å². The molecule has 1 saturated heterocycles. The van der Waals surface area contributed by atoms with Crippen LogP contribution in [0.1, 0.15) is 38.4 Å². The van der Waals surface area contributed by atoms with Gasteiger partial charge in [0, 0.05) is 39.0 Å². The minimum absolute atomic E-state index is 0.504. The maximum Gasteiger partial charge on any atom is 0.226 e. The maximum atomic E-state index is 10.5. The molecule has 1 aliphatic rings. The van der Waals surface area contributed by atoms with E-state index in [0.29, 0.717) is 56.8 Å². The molecule has 0 aliphatic carbocycles. The van der Waals surface area contributed by atoms with Crippen LogP contribution >= 0.6 is 0 Å². The lowest BCUT2D eigenvalue weighted by atomic mass is 9.94. The lowest BCUT2D eigenvalue weighted by molar-refractivity contribution is -0.0779. The Labute approximate surface area is 120 Å². The third-order valence-electron chi connectivity index (χ3n) is 3.49. The minimum Gasteiger partial charge on any atom is -0.388 e. The van der Waals surface area contributed by atoms with Crippen LogP contribution in [-0.4, -0.2) is 52.6 Å². The third-order valence-corrected chi connectivity index (χ3v) is 3.49. The molecule has 1 aliphatic heterocycles. The van der Waals surface area contributed by atoms with Crippen molar-refractivity contribution in [3.8, 4) is 0 Å². The molecule has 114 valence electrons. The number of hydrogen-bond donors (Lipinski definition) is 1. The molecule has 1 fully saturated rings. The van der Waals surface area contributed by atoms with Crippen molar-refractivity contribution in [2.45, 2.75) is 45.3 Å². The van der Waals surface area contributed by atoms with Crippen LogP contribution in [0, 0.1) is 5.92 Å². The van der Waals surface area contributed by atoms with Crippen LogP contribution in [0.25, 0.3) is 0 Å². The number of rotatable bonds is 6. The van der Waals surface area contributed by atoms with E-state index in [1.165, 1.54) is 0 Å². The molecule has 0 saturated carbocycles. The molecule has 1 aromatic rings. The lowest BCUT2D eigenvalue weighted by Crippen LogP contribution is -2.45. The van der Waals surface area contributed by atoms with Crippen LogP contribution < -0.4 is 0 Å². The molecule has 2 heterocycles. The molecule has 0 amide bonds. The summed E-state index contributed by atoms with van der Waals surface area (Å²) in [6, 6.07) is 0. The summed E-state index contributed by atoms with van der Waals surface area (Å²) in [5.41, 5.74) is -0.655. The van der Waals surface area contributed by atoms with Crippen molar-refractivity contribution in [2.75, 3.05) is 26.8 Å². The summed E-state index contributed by atoms with van der Waals surface area (Å²) in [5, 5.41) is 14.4. The van der Waals surface area contributed by atoms with Gasteiger partial charge in [0.05, 0.1) is 12.1 Å². The Hall–Kier alpha value is -0.980. The molecule has 0 atom stereocenters. The van der Waals surface area contributed by atoms with Gasteiger partial charge in [-0.1, -0.05) is 19.0 Å². The average molecular weight is 283 g/mol. The zero-order chi connectivity index (χ0) is 14.6. The Kier molecular flexibility index (Phi) is 5.12. The largest absolute Gasteiger partial charge is 0.388 e. The van der Waals surface area contributed by atoms with E-state index < -0.39 is 5.60 Å². The van der Waals surface area contributed by atoms with Crippen molar-refractivity contribution in [3.05, 3.63) is 11.7 Å². The summed E-state index contributed by atoms with van der Waals surface area (Å²) in [5.74, 6) is 1.87. The molecule has 6 nitrogen and oxygen atoms in total. The molecular formula is C14H25N3O3. The maximum absolute atomic E-state index is 10.5. The molecule has 0 spiro atoms. The number of hydrogen-bond acceptors (Lipinski definition) is 6. The van der Waals surface area contributed by atoms with Gasteiger partial charge in [0.1, 0.15) is 0 Å². The van der Waals surface area contributed by atoms with Gasteiger partial charge < -0.3 is 14.4 Å². The Morgan fingerprint density at radius 2 is 2.05 bits per heavy atom. The van der Waals surface area contributed by atoms with Crippen molar-refractivity contribution < 1.29 is 14.4 Å². The fraction of sp³-hybridized carbons (Fsp3) is 0.857. The highest BCUT2D eigenvalue weighted by molar-refractivity contribution is 4.89. The highest BCUT2D eigenvalue weighted by Crippen LogP contribution is 2.21. The third kappa shape index (κ3) is 4.54. The highest BCUT2D eigenvalue weighted by atomic mass is 16.5. The zero-order valence-corrected chi connectivity index (χ0v) is 12.6. The molecular weight excluding hydrogens is 258 g/mol. The molecule has 6 heteroatoms. The van der Waals surface area contributed by atoms with E-state index in [1.54, 1.807) is 0 Å². The summed E-state index contributed by atoms with van der Waals surface area (Å²) in [6.07, 6.45) is 2.17. The van der Waals surface area contributed by atoms with Gasteiger partial charge in [-0.05, 0) is 13.0 Å². The quantitative estimate of drug-likeness (QED) is 0.847. The van der Waals surface area contributed by atoms with Gasteiger partial charge in [0.15, 0.2) is 5.82 Å². The van der Waals surface area contributed by atoms with Gasteiger partial charge in [-0.2, -0.15) is 4.98 Å². The first-order chi connectivity index (χ1) is 9.47. The second-order valence-electron chi connectivity index (χ2n) is 6.21. The van der Waals surface area contributed by atoms with Gasteiger partial charge >= 0.3 is 0 Å². The molecule has 1 N–H and O–H groups in total. The first kappa shape index (κ1) is 15.4. The Morgan fingerprint density at radius 3 is 2.70 bits per heavy atom. The fourth-order valence-electron chi connectivity index (χ4n) is 2.50. The molecule has 0 radical (unpaired) electrons. The molecule has 1 aromatic heterocycles. The van der Waals surface area contributed by atoms with E-state index in [4.69, 9.17) is 9.26 Å². The number of ether oxygens (including phenoxy) is 1. The lowest BCUT2D eigenvalue weighted by Gasteiger charge is -2.35. The normalized spacial score (nSPS) is 18.9. The summed E-state index contributed by atoms with van der Waals surface area (Å²) in [4.78, 5) is 6.42. The molecule has 20 heavy (non-hydrogen) atoms. The highest BCUT2D eigenvalue weighted by Gasteiger charge is 2.31. The second-order valence-corrected chi connectivity index (χ2v) is 6.21. The SMILES string of the molecule is CC(C)Cc1nc(CN(C)CC2(O)CCOCC2)no1. The standard InChI is InChI=1S/C14H25N3O3/c1-11(2)8-13-15-12(16-20-13)9-17(3)10-14(18)4-6-19-7-5-14/h11,18H,4-10H2,1-3H3. The number of likely N-dealkylation sites (N-methyl/N-ethyl adjacent to an activating group) is 1. The number of nitrogens with zero attached hydrogens (tertiary/aromatic N) is 3. The zero-order valence-electron chi connectivity index (χ0n) is 12.6. The van der Waals surface area contributed by atoms with Crippen LogP contribution in [-0.2, 0) is 17.7 Å². The fourth-order valence-corrected chi connectivity index (χ4v) is 2.50. The first-order valence-corrected chi connectivity index (χ1v) is 7.27. The molecule has 0 unspecified atom stereocenters. The van der Waals surface area contributed by atoms with Gasteiger partial charge in [0.2, 0.25) is 5.89 Å². The van der Waals surface area contributed by atoms with E-state index in [1.807, 2.05) is 11.9 Å². The Balaban J connectivity index is 1.84. The Morgan fingerprint density at radius 1 is 1.35 bits per heavy atom. The summed E-state index contributed by atoms with van der Waals surface area (Å²) >= 11 is 0. The average Bonchev–Trinajstić information content (AvgIpc) is 2.75. The predicted octanol–water partition coefficient (Wildman–Crippen LogP) is 1.24.